The Morgan fingerprint density at radius 3 is 2.39 bits per heavy atom. The zero-order valence-corrected chi connectivity index (χ0v) is 14.5. The molecule has 4 nitrogen and oxygen atoms in total. The van der Waals surface area contributed by atoms with Crippen LogP contribution in [0.25, 0.3) is 0 Å². The van der Waals surface area contributed by atoms with Crippen LogP contribution < -0.4 is 5.32 Å². The first-order valence-electron chi connectivity index (χ1n) is 7.14. The maximum absolute atomic E-state index is 12.2. The van der Waals surface area contributed by atoms with Crippen LogP contribution in [0.5, 0.6) is 0 Å². The van der Waals surface area contributed by atoms with Crippen molar-refractivity contribution < 1.29 is 13.2 Å². The van der Waals surface area contributed by atoms with Crippen molar-refractivity contribution in [3.05, 3.63) is 58.6 Å². The monoisotopic (exact) mass is 351 g/mol. The Morgan fingerprint density at radius 1 is 1.09 bits per heavy atom. The normalized spacial score (nSPS) is 11.3. The Hall–Kier alpha value is -1.85. The Kier molecular flexibility index (Phi) is 5.44. The van der Waals surface area contributed by atoms with Crippen molar-refractivity contribution in [2.45, 2.75) is 25.2 Å². The molecule has 0 saturated carbocycles. The molecule has 23 heavy (non-hydrogen) atoms. The van der Waals surface area contributed by atoms with E-state index in [2.05, 4.69) is 5.32 Å². The van der Waals surface area contributed by atoms with E-state index >= 15 is 0 Å². The van der Waals surface area contributed by atoms with E-state index in [1.165, 1.54) is 24.3 Å². The average molecular weight is 352 g/mol. The molecular formula is C17H18ClNO3S. The Morgan fingerprint density at radius 2 is 1.74 bits per heavy atom. The maximum Gasteiger partial charge on any atom is 0.225 e. The van der Waals surface area contributed by atoms with Gasteiger partial charge in [-0.3, -0.25) is 4.79 Å². The lowest BCUT2D eigenvalue weighted by Gasteiger charge is -2.10. The molecule has 0 atom stereocenters. The summed E-state index contributed by atoms with van der Waals surface area (Å²) in [5.74, 6) is -0.568. The van der Waals surface area contributed by atoms with Crippen LogP contribution in [0.1, 0.15) is 17.5 Å². The number of sulfone groups is 1. The quantitative estimate of drug-likeness (QED) is 0.892. The number of rotatable bonds is 5. The van der Waals surface area contributed by atoms with Crippen molar-refractivity contribution in [3.8, 4) is 0 Å². The molecule has 2 aromatic rings. The van der Waals surface area contributed by atoms with Crippen LogP contribution in [-0.4, -0.2) is 20.1 Å². The standard InChI is InChI=1S/C17H18ClNO3S/c1-12-4-3-5-16(13(12)2)19-17(20)10-11-23(21,22)15-8-6-14(18)7-9-15/h3-9H,10-11H2,1-2H3,(H,19,20). The highest BCUT2D eigenvalue weighted by atomic mass is 35.5. The second kappa shape index (κ2) is 7.15. The number of benzene rings is 2. The Labute approximate surface area is 141 Å². The minimum Gasteiger partial charge on any atom is -0.326 e. The first kappa shape index (κ1) is 17.5. The van der Waals surface area contributed by atoms with Crippen molar-refractivity contribution in [2.75, 3.05) is 11.1 Å². The van der Waals surface area contributed by atoms with E-state index in [4.69, 9.17) is 11.6 Å². The summed E-state index contributed by atoms with van der Waals surface area (Å²) >= 11 is 5.75. The Bertz CT molecular complexity index is 814. The zero-order valence-electron chi connectivity index (χ0n) is 13.0. The van der Waals surface area contributed by atoms with E-state index in [0.29, 0.717) is 10.7 Å². The molecule has 0 bridgehead atoms. The highest BCUT2D eigenvalue weighted by Crippen LogP contribution is 2.19. The van der Waals surface area contributed by atoms with Gasteiger partial charge in [0.05, 0.1) is 10.6 Å². The average Bonchev–Trinajstić information content (AvgIpc) is 2.50. The molecule has 0 heterocycles. The van der Waals surface area contributed by atoms with Crippen LogP contribution in [0, 0.1) is 13.8 Å². The van der Waals surface area contributed by atoms with Crippen LogP contribution in [0.3, 0.4) is 0 Å². The lowest BCUT2D eigenvalue weighted by atomic mass is 10.1. The molecule has 1 N–H and O–H groups in total. The van der Waals surface area contributed by atoms with Crippen LogP contribution in [0.4, 0.5) is 5.69 Å². The van der Waals surface area contributed by atoms with E-state index in [1.807, 2.05) is 26.0 Å². The molecule has 0 spiro atoms. The molecule has 0 unspecified atom stereocenters. The first-order valence-corrected chi connectivity index (χ1v) is 9.17. The predicted octanol–water partition coefficient (Wildman–Crippen LogP) is 3.76. The van der Waals surface area contributed by atoms with E-state index in [9.17, 15) is 13.2 Å². The number of aryl methyl sites for hydroxylation is 1. The molecule has 2 aromatic carbocycles. The van der Waals surface area contributed by atoms with Crippen molar-refractivity contribution in [1.29, 1.82) is 0 Å². The van der Waals surface area contributed by atoms with Crippen molar-refractivity contribution >= 4 is 33.0 Å². The fourth-order valence-corrected chi connectivity index (χ4v) is 3.45. The van der Waals surface area contributed by atoms with Crippen LogP contribution in [-0.2, 0) is 14.6 Å². The van der Waals surface area contributed by atoms with Crippen molar-refractivity contribution in [1.82, 2.24) is 0 Å². The summed E-state index contributed by atoms with van der Waals surface area (Å²) in [5, 5.41) is 3.23. The molecule has 0 fully saturated rings. The SMILES string of the molecule is Cc1cccc(NC(=O)CCS(=O)(=O)c2ccc(Cl)cc2)c1C. The summed E-state index contributed by atoms with van der Waals surface area (Å²) in [6, 6.07) is 11.5. The third kappa shape index (κ3) is 4.56. The molecule has 2 rings (SSSR count). The van der Waals surface area contributed by atoms with Gasteiger partial charge in [-0.05, 0) is 55.3 Å². The highest BCUT2D eigenvalue weighted by molar-refractivity contribution is 7.91. The molecule has 0 aliphatic carbocycles. The number of nitrogens with one attached hydrogen (secondary N) is 1. The van der Waals surface area contributed by atoms with Gasteiger partial charge in [-0.1, -0.05) is 23.7 Å². The van der Waals surface area contributed by atoms with E-state index < -0.39 is 9.84 Å². The molecule has 0 aliphatic heterocycles. The molecule has 0 radical (unpaired) electrons. The second-order valence-corrected chi connectivity index (χ2v) is 7.86. The van der Waals surface area contributed by atoms with Gasteiger partial charge in [0.25, 0.3) is 0 Å². The lowest BCUT2D eigenvalue weighted by molar-refractivity contribution is -0.115. The van der Waals surface area contributed by atoms with Crippen LogP contribution in [0.2, 0.25) is 5.02 Å². The van der Waals surface area contributed by atoms with E-state index in [0.717, 1.165) is 11.1 Å². The summed E-state index contributed by atoms with van der Waals surface area (Å²) < 4.78 is 24.4. The molecule has 0 aliphatic rings. The summed E-state index contributed by atoms with van der Waals surface area (Å²) in [5.41, 5.74) is 2.75. The van der Waals surface area contributed by atoms with Gasteiger partial charge in [-0.2, -0.15) is 0 Å². The maximum atomic E-state index is 12.2. The number of amides is 1. The first-order chi connectivity index (χ1) is 10.8. The third-order valence-corrected chi connectivity index (χ3v) is 5.63. The number of anilines is 1. The van der Waals surface area contributed by atoms with Gasteiger partial charge in [0, 0.05) is 17.1 Å². The van der Waals surface area contributed by atoms with Gasteiger partial charge in [0.2, 0.25) is 5.91 Å². The van der Waals surface area contributed by atoms with Gasteiger partial charge >= 0.3 is 0 Å². The van der Waals surface area contributed by atoms with Crippen LogP contribution in [0.15, 0.2) is 47.4 Å². The third-order valence-electron chi connectivity index (χ3n) is 3.65. The van der Waals surface area contributed by atoms with Crippen LogP contribution >= 0.6 is 11.6 Å². The van der Waals surface area contributed by atoms with Gasteiger partial charge in [0.15, 0.2) is 9.84 Å². The van der Waals surface area contributed by atoms with Crippen molar-refractivity contribution in [2.24, 2.45) is 0 Å². The minimum atomic E-state index is -3.50. The molecule has 122 valence electrons. The summed E-state index contributed by atoms with van der Waals surface area (Å²) in [6.07, 6.45) is -0.0989. The molecule has 1 amide bonds. The van der Waals surface area contributed by atoms with E-state index in [1.54, 1.807) is 6.07 Å². The second-order valence-electron chi connectivity index (χ2n) is 5.32. The van der Waals surface area contributed by atoms with Gasteiger partial charge in [0.1, 0.15) is 0 Å². The Balaban J connectivity index is 2.01. The molecule has 0 aromatic heterocycles. The van der Waals surface area contributed by atoms with Gasteiger partial charge in [-0.15, -0.1) is 0 Å². The highest BCUT2D eigenvalue weighted by Gasteiger charge is 2.17. The van der Waals surface area contributed by atoms with Gasteiger partial charge < -0.3 is 5.32 Å². The topological polar surface area (TPSA) is 63.2 Å². The zero-order chi connectivity index (χ0) is 17.0. The molecule has 6 heteroatoms. The predicted molar refractivity (Wildman–Crippen MR) is 92.7 cm³/mol. The number of hydrogen-bond donors (Lipinski definition) is 1. The molecule has 0 saturated heterocycles. The lowest BCUT2D eigenvalue weighted by Crippen LogP contribution is -2.18. The van der Waals surface area contributed by atoms with E-state index in [-0.39, 0.29) is 23.0 Å². The summed E-state index contributed by atoms with van der Waals surface area (Å²) in [4.78, 5) is 12.2. The fourth-order valence-electron chi connectivity index (χ4n) is 2.09. The fraction of sp³-hybridized carbons (Fsp3) is 0.235. The number of carbonyl (C=O) groups excluding carboxylic acids is 1. The van der Waals surface area contributed by atoms with Crippen molar-refractivity contribution in [3.63, 3.8) is 0 Å². The smallest absolute Gasteiger partial charge is 0.225 e. The summed E-state index contributed by atoms with van der Waals surface area (Å²) in [7, 11) is -3.50. The number of carbonyl (C=O) groups is 1. The minimum absolute atomic E-state index is 0.0989. The number of hydrogen-bond acceptors (Lipinski definition) is 3. The van der Waals surface area contributed by atoms with Gasteiger partial charge in [-0.25, -0.2) is 8.42 Å². The number of halogens is 1. The largest absolute Gasteiger partial charge is 0.326 e. The molecular weight excluding hydrogens is 334 g/mol. The summed E-state index contributed by atoms with van der Waals surface area (Å²) in [6.45, 7) is 3.87.